The summed E-state index contributed by atoms with van der Waals surface area (Å²) in [6.45, 7) is 11.7. The topological polar surface area (TPSA) is 444 Å². The van der Waals surface area contributed by atoms with E-state index >= 15 is 0 Å². The normalized spacial score (nSPS) is 17.0. The van der Waals surface area contributed by atoms with Crippen LogP contribution in [0.5, 0.6) is 0 Å². The van der Waals surface area contributed by atoms with Crippen molar-refractivity contribution >= 4 is 76.8 Å². The molecule has 11 atom stereocenters. The molecule has 0 saturated carbocycles. The zero-order valence-electron chi connectivity index (χ0n) is 44.7. The summed E-state index contributed by atoms with van der Waals surface area (Å²) in [4.78, 5) is 164. The SMILES string of the molecule is CCC[C@H](NC(=O)[C@@H](NC(=O)[C@H](NC(=O)[C@H](CCC(N)=O)NC(=O)CNC(=O)CN(C)C(C)=O)[C@H](C)CC)[C@@H](C)O)C(=O)N[C@H](C(=O)N[C@@H](CCCN=C(N)N)C(=O)N1CCC[C@H]1C(=O)N[C@H](C)C(N)=O)[C@@H](C)CC. The highest BCUT2D eigenvalue weighted by Gasteiger charge is 2.40. The van der Waals surface area contributed by atoms with Crippen molar-refractivity contribution in [2.24, 2.45) is 39.8 Å². The molecule has 1 fully saturated rings. The molecule has 12 amide bonds. The maximum Gasteiger partial charge on any atom is 0.245 e. The van der Waals surface area contributed by atoms with E-state index in [2.05, 4.69) is 47.5 Å². The predicted octanol–water partition coefficient (Wildman–Crippen LogP) is -4.94. The third-order valence-corrected chi connectivity index (χ3v) is 12.7. The summed E-state index contributed by atoms with van der Waals surface area (Å²) in [5, 5.41) is 31.1. The van der Waals surface area contributed by atoms with Crippen LogP contribution in [0.1, 0.15) is 120 Å². The number of aliphatic imine (C=N–C) groups is 1. The molecular formula is C47H83N15O13. The van der Waals surface area contributed by atoms with Crippen LogP contribution in [0.4, 0.5) is 0 Å². The first-order chi connectivity index (χ1) is 35.1. The molecule has 0 aromatic rings. The first-order valence-corrected chi connectivity index (χ1v) is 25.3. The van der Waals surface area contributed by atoms with E-state index in [1.54, 1.807) is 34.6 Å². The largest absolute Gasteiger partial charge is 0.391 e. The Balaban J connectivity index is 3.38. The molecule has 28 heteroatoms. The summed E-state index contributed by atoms with van der Waals surface area (Å²) < 4.78 is 0. The molecule has 1 aliphatic heterocycles. The minimum Gasteiger partial charge on any atom is -0.391 e. The molecule has 75 heavy (non-hydrogen) atoms. The van der Waals surface area contributed by atoms with Gasteiger partial charge in [0.15, 0.2) is 5.96 Å². The van der Waals surface area contributed by atoms with E-state index in [-0.39, 0.29) is 64.1 Å². The van der Waals surface area contributed by atoms with Gasteiger partial charge in [-0.15, -0.1) is 0 Å². The van der Waals surface area contributed by atoms with E-state index < -0.39 is 144 Å². The van der Waals surface area contributed by atoms with Crippen LogP contribution < -0.4 is 65.5 Å². The molecule has 1 heterocycles. The lowest BCUT2D eigenvalue weighted by Gasteiger charge is -2.32. The van der Waals surface area contributed by atoms with Crippen LogP contribution >= 0.6 is 0 Å². The maximum absolute atomic E-state index is 14.2. The fourth-order valence-corrected chi connectivity index (χ4v) is 7.65. The number of likely N-dealkylation sites (N-methyl/N-ethyl adjacent to an activating group) is 1. The lowest BCUT2D eigenvalue weighted by atomic mass is 9.96. The molecular weight excluding hydrogens is 983 g/mol. The number of likely N-dealkylation sites (tertiary alicyclic amines) is 1. The smallest absolute Gasteiger partial charge is 0.245 e. The highest BCUT2D eigenvalue weighted by molar-refractivity contribution is 5.99. The Morgan fingerprint density at radius 1 is 0.667 bits per heavy atom. The predicted molar refractivity (Wildman–Crippen MR) is 273 cm³/mol. The zero-order chi connectivity index (χ0) is 57.3. The molecule has 1 saturated heterocycles. The standard InChI is InChI=1S/C47H83N15O13/c1-10-15-29(40(69)58-36(24(4)11-2)43(72)57-31(16-13-20-52-47(50)51)46(75)62-21-14-17-32(62)42(71)54-26(6)39(49)68)56-45(74)38(27(7)63)60-44(73)37(25(5)12-3)59-41(70)30(18-19-33(48)65)55-34(66)22-53-35(67)23-61(9)28(8)64/h24-27,29-32,36-38,63H,10-23H2,1-9H3,(H2,48,65)(H2,49,68)(H,53,67)(H,54,71)(H,55,66)(H,56,74)(H,57,72)(H,58,69)(H,59,70)(H,60,73)(H4,50,51,52)/t24-,25+,26+,27+,29-,30-,31-,32-,36-,37+,38-/m0/s1. The summed E-state index contributed by atoms with van der Waals surface area (Å²) in [6, 6.07) is -10.4. The average molecular weight is 1070 g/mol. The Morgan fingerprint density at radius 3 is 1.68 bits per heavy atom. The maximum atomic E-state index is 14.2. The van der Waals surface area contributed by atoms with Crippen molar-refractivity contribution in [2.75, 3.05) is 33.2 Å². The average Bonchev–Trinajstić information content (AvgIpc) is 3.84. The van der Waals surface area contributed by atoms with Crippen molar-refractivity contribution in [3.05, 3.63) is 0 Å². The Bertz CT molecular complexity index is 2050. The zero-order valence-corrected chi connectivity index (χ0v) is 44.7. The number of aliphatic hydroxyl groups excluding tert-OH is 1. The molecule has 0 aromatic heterocycles. The second-order valence-corrected chi connectivity index (χ2v) is 18.9. The van der Waals surface area contributed by atoms with Gasteiger partial charge >= 0.3 is 0 Å². The molecule has 1 aliphatic rings. The second kappa shape index (κ2) is 32.9. The highest BCUT2D eigenvalue weighted by Crippen LogP contribution is 2.21. The number of nitrogens with two attached hydrogens (primary N) is 4. The monoisotopic (exact) mass is 1070 g/mol. The summed E-state index contributed by atoms with van der Waals surface area (Å²) in [5.74, 6) is -10.5. The molecule has 0 aromatic carbocycles. The fraction of sp³-hybridized carbons (Fsp3) is 0.723. The first-order valence-electron chi connectivity index (χ1n) is 25.3. The minimum absolute atomic E-state index is 0.0179. The van der Waals surface area contributed by atoms with Gasteiger partial charge in [0, 0.05) is 33.5 Å². The molecule has 28 nitrogen and oxygen atoms in total. The van der Waals surface area contributed by atoms with Crippen LogP contribution in [0.25, 0.3) is 0 Å². The molecule has 0 radical (unpaired) electrons. The van der Waals surface area contributed by atoms with Gasteiger partial charge in [-0.1, -0.05) is 53.9 Å². The molecule has 0 aliphatic carbocycles. The van der Waals surface area contributed by atoms with E-state index in [9.17, 15) is 62.6 Å². The molecule has 17 N–H and O–H groups in total. The Hall–Kier alpha value is -7.13. The van der Waals surface area contributed by atoms with Crippen molar-refractivity contribution in [3.8, 4) is 0 Å². The summed E-state index contributed by atoms with van der Waals surface area (Å²) in [6.07, 6.45) is -0.268. The second-order valence-electron chi connectivity index (χ2n) is 18.9. The van der Waals surface area contributed by atoms with Crippen molar-refractivity contribution in [2.45, 2.75) is 174 Å². The molecule has 0 bridgehead atoms. The third kappa shape index (κ3) is 22.9. The van der Waals surface area contributed by atoms with Crippen LogP contribution in [0.2, 0.25) is 0 Å². The number of hydrogen-bond acceptors (Lipinski definition) is 14. The molecule has 1 rings (SSSR count). The van der Waals surface area contributed by atoms with Crippen molar-refractivity contribution in [1.29, 1.82) is 0 Å². The van der Waals surface area contributed by atoms with Gasteiger partial charge in [0.25, 0.3) is 0 Å². The summed E-state index contributed by atoms with van der Waals surface area (Å²) >= 11 is 0. The molecule has 424 valence electrons. The highest BCUT2D eigenvalue weighted by atomic mass is 16.3. The van der Waals surface area contributed by atoms with Crippen LogP contribution in [-0.2, 0) is 57.5 Å². The minimum atomic E-state index is -1.71. The Labute approximate surface area is 437 Å². The third-order valence-electron chi connectivity index (χ3n) is 12.7. The van der Waals surface area contributed by atoms with Gasteiger partial charge in [-0.3, -0.25) is 62.5 Å². The van der Waals surface area contributed by atoms with Gasteiger partial charge in [0.1, 0.15) is 48.3 Å². The number of aliphatic hydroxyl groups is 1. The lowest BCUT2D eigenvalue weighted by molar-refractivity contribution is -0.142. The Kier molecular flexibility index (Phi) is 28.9. The lowest BCUT2D eigenvalue weighted by Crippen LogP contribution is -2.63. The fourth-order valence-electron chi connectivity index (χ4n) is 7.65. The van der Waals surface area contributed by atoms with E-state index in [1.807, 2.05) is 0 Å². The van der Waals surface area contributed by atoms with Crippen LogP contribution in [0.15, 0.2) is 4.99 Å². The first kappa shape index (κ1) is 65.9. The van der Waals surface area contributed by atoms with Crippen LogP contribution in [0, 0.1) is 11.8 Å². The number of guanidine groups is 1. The molecule has 0 spiro atoms. The van der Waals surface area contributed by atoms with Gasteiger partial charge in [0.05, 0.1) is 19.2 Å². The van der Waals surface area contributed by atoms with Gasteiger partial charge in [-0.05, 0) is 64.2 Å². The number of primary amides is 2. The van der Waals surface area contributed by atoms with E-state index in [4.69, 9.17) is 22.9 Å². The number of carbonyl (C=O) groups is 12. The van der Waals surface area contributed by atoms with Gasteiger partial charge in [0.2, 0.25) is 70.9 Å². The number of amides is 12. The number of nitrogens with one attached hydrogen (secondary N) is 8. The van der Waals surface area contributed by atoms with Gasteiger partial charge in [-0.25, -0.2) is 0 Å². The van der Waals surface area contributed by atoms with Crippen molar-refractivity contribution in [3.63, 3.8) is 0 Å². The van der Waals surface area contributed by atoms with E-state index in [0.717, 1.165) is 4.90 Å². The number of hydrogen-bond donors (Lipinski definition) is 13. The number of rotatable bonds is 33. The molecule has 0 unspecified atom stereocenters. The van der Waals surface area contributed by atoms with E-state index in [1.165, 1.54) is 32.7 Å². The van der Waals surface area contributed by atoms with E-state index in [0.29, 0.717) is 25.7 Å². The van der Waals surface area contributed by atoms with Gasteiger partial charge < -0.3 is 80.4 Å². The van der Waals surface area contributed by atoms with Crippen molar-refractivity contribution in [1.82, 2.24) is 52.3 Å². The van der Waals surface area contributed by atoms with Crippen LogP contribution in [-0.4, -0.2) is 179 Å². The van der Waals surface area contributed by atoms with Crippen LogP contribution in [0.3, 0.4) is 0 Å². The summed E-state index contributed by atoms with van der Waals surface area (Å²) in [5.41, 5.74) is 21.6. The Morgan fingerprint density at radius 2 is 1.19 bits per heavy atom. The van der Waals surface area contributed by atoms with Crippen molar-refractivity contribution < 1.29 is 62.6 Å². The number of nitrogens with zero attached hydrogens (tertiary/aromatic N) is 3. The number of carbonyl (C=O) groups excluding carboxylic acids is 12. The van der Waals surface area contributed by atoms with Gasteiger partial charge in [-0.2, -0.15) is 0 Å². The summed E-state index contributed by atoms with van der Waals surface area (Å²) in [7, 11) is 1.38. The quantitative estimate of drug-likeness (QED) is 0.0166.